The molecule has 12 heteroatoms. The Bertz CT molecular complexity index is 1190. The summed E-state index contributed by atoms with van der Waals surface area (Å²) in [7, 11) is 0. The summed E-state index contributed by atoms with van der Waals surface area (Å²) in [6, 6.07) is 11.8. The molecule has 2 aliphatic rings. The molecule has 1 N–H and O–H groups in total. The first-order valence-electron chi connectivity index (χ1n) is 10.8. The van der Waals surface area contributed by atoms with Gasteiger partial charge in [0.05, 0.1) is 24.5 Å². The molecule has 4 heterocycles. The molecule has 2 aliphatic heterocycles. The predicted molar refractivity (Wildman–Crippen MR) is 120 cm³/mol. The first kappa shape index (κ1) is 21.4. The molecule has 0 aliphatic carbocycles. The summed E-state index contributed by atoms with van der Waals surface area (Å²) < 4.78 is 25.2. The molecule has 3 aromatic rings. The topological polar surface area (TPSA) is 124 Å². The minimum Gasteiger partial charge on any atom is -0.442 e. The highest BCUT2D eigenvalue weighted by molar-refractivity contribution is 5.90. The largest absolute Gasteiger partial charge is 0.442 e. The van der Waals surface area contributed by atoms with Crippen molar-refractivity contribution in [2.45, 2.75) is 6.10 Å². The number of piperazine rings is 1. The van der Waals surface area contributed by atoms with Crippen molar-refractivity contribution in [3.8, 4) is 6.07 Å². The van der Waals surface area contributed by atoms with Crippen LogP contribution in [0.3, 0.4) is 0 Å². The normalized spacial score (nSPS) is 18.1. The molecule has 0 unspecified atom stereocenters. The quantitative estimate of drug-likeness (QED) is 0.581. The molecule has 34 heavy (non-hydrogen) atoms. The lowest BCUT2D eigenvalue weighted by atomic mass is 10.2. The van der Waals surface area contributed by atoms with Crippen LogP contribution < -0.4 is 20.0 Å². The maximum atomic E-state index is 15.0. The van der Waals surface area contributed by atoms with Crippen LogP contribution in [-0.2, 0) is 4.74 Å². The number of aromatic nitrogens is 3. The summed E-state index contributed by atoms with van der Waals surface area (Å²) >= 11 is 0. The second-order valence-electron chi connectivity index (χ2n) is 7.88. The Morgan fingerprint density at radius 1 is 1.12 bits per heavy atom. The molecule has 2 fully saturated rings. The zero-order chi connectivity index (χ0) is 23.5. The van der Waals surface area contributed by atoms with Gasteiger partial charge in [-0.15, -0.1) is 10.2 Å². The number of cyclic esters (lactones) is 1. The second-order valence-corrected chi connectivity index (χ2v) is 7.88. The van der Waals surface area contributed by atoms with Crippen molar-refractivity contribution in [3.05, 3.63) is 54.2 Å². The van der Waals surface area contributed by atoms with Gasteiger partial charge in [0, 0.05) is 32.2 Å². The molecule has 1 atom stereocenters. The molecule has 0 spiro atoms. The molecule has 2 saturated heterocycles. The minimum absolute atomic E-state index is 0.268. The molecule has 2 aromatic heterocycles. The number of carbonyl (C=O) groups excluding carboxylic acids is 1. The fourth-order valence-corrected chi connectivity index (χ4v) is 4.01. The number of amides is 1. The summed E-state index contributed by atoms with van der Waals surface area (Å²) in [6.45, 7) is 3.13. The van der Waals surface area contributed by atoms with E-state index in [2.05, 4.69) is 20.7 Å². The van der Waals surface area contributed by atoms with Crippen LogP contribution in [0.4, 0.5) is 32.2 Å². The lowest BCUT2D eigenvalue weighted by Gasteiger charge is -2.36. The standard InChI is InChI=1S/C22H21FN8O3/c23-18-11-16(31-14-17(34-22(31)32)13-25-20-5-10-33-28-20)2-3-19(18)29-6-8-30(9-7-29)21-4-1-15(12-24)26-27-21/h1-5,10-11,17H,6-9,13-14H2,(H,25,28)/t17-/m0/s1. The maximum absolute atomic E-state index is 15.0. The van der Waals surface area contributed by atoms with E-state index < -0.39 is 18.0 Å². The van der Waals surface area contributed by atoms with Gasteiger partial charge in [0.15, 0.2) is 17.3 Å². The Labute approximate surface area is 194 Å². The molecule has 1 amide bonds. The van der Waals surface area contributed by atoms with Gasteiger partial charge in [-0.2, -0.15) is 5.26 Å². The van der Waals surface area contributed by atoms with Crippen LogP contribution >= 0.6 is 0 Å². The number of carbonyl (C=O) groups is 1. The molecule has 1 aromatic carbocycles. The third kappa shape index (κ3) is 4.40. The van der Waals surface area contributed by atoms with E-state index in [9.17, 15) is 4.79 Å². The number of rotatable bonds is 6. The van der Waals surface area contributed by atoms with Crippen molar-refractivity contribution in [1.82, 2.24) is 15.4 Å². The van der Waals surface area contributed by atoms with Gasteiger partial charge in [-0.3, -0.25) is 4.90 Å². The Morgan fingerprint density at radius 2 is 1.94 bits per heavy atom. The Hall–Kier alpha value is -4.40. The summed E-state index contributed by atoms with van der Waals surface area (Å²) in [5, 5.41) is 23.6. The predicted octanol–water partition coefficient (Wildman–Crippen LogP) is 2.24. The van der Waals surface area contributed by atoms with Crippen LogP contribution in [0.15, 0.2) is 47.2 Å². The third-order valence-electron chi connectivity index (χ3n) is 5.78. The van der Waals surface area contributed by atoms with Gasteiger partial charge in [-0.05, 0) is 30.3 Å². The molecule has 11 nitrogen and oxygen atoms in total. The number of nitrogens with zero attached hydrogens (tertiary/aromatic N) is 7. The average Bonchev–Trinajstić information content (AvgIpc) is 3.52. The van der Waals surface area contributed by atoms with E-state index in [1.807, 2.05) is 15.9 Å². The highest BCUT2D eigenvalue weighted by Crippen LogP contribution is 2.29. The SMILES string of the molecule is N#Cc1ccc(N2CCN(c3ccc(N4C[C@H](CNc5ccon5)OC4=O)cc3F)CC2)nn1. The zero-order valence-corrected chi connectivity index (χ0v) is 18.1. The molecule has 0 radical (unpaired) electrons. The fraction of sp³-hybridized carbons (Fsp3) is 0.318. The van der Waals surface area contributed by atoms with Crippen LogP contribution in [-0.4, -0.2) is 66.8 Å². The highest BCUT2D eigenvalue weighted by atomic mass is 19.1. The van der Waals surface area contributed by atoms with Gasteiger partial charge < -0.3 is 24.4 Å². The smallest absolute Gasteiger partial charge is 0.414 e. The van der Waals surface area contributed by atoms with Crippen LogP contribution in [0.1, 0.15) is 5.69 Å². The number of benzene rings is 1. The number of hydrogen-bond acceptors (Lipinski definition) is 10. The van der Waals surface area contributed by atoms with Gasteiger partial charge in [0.25, 0.3) is 0 Å². The van der Waals surface area contributed by atoms with Crippen LogP contribution in [0.5, 0.6) is 0 Å². The van der Waals surface area contributed by atoms with E-state index in [1.165, 1.54) is 17.2 Å². The zero-order valence-electron chi connectivity index (χ0n) is 18.1. The van der Waals surface area contributed by atoms with E-state index in [0.717, 1.165) is 0 Å². The number of ether oxygens (including phenoxy) is 1. The van der Waals surface area contributed by atoms with E-state index in [0.29, 0.717) is 62.3 Å². The van der Waals surface area contributed by atoms with Gasteiger partial charge in [-0.25, -0.2) is 9.18 Å². The van der Waals surface area contributed by atoms with Gasteiger partial charge in [0.1, 0.15) is 24.3 Å². The number of halogens is 1. The lowest BCUT2D eigenvalue weighted by Crippen LogP contribution is -2.47. The Morgan fingerprint density at radius 3 is 2.62 bits per heavy atom. The van der Waals surface area contributed by atoms with Crippen molar-refractivity contribution in [3.63, 3.8) is 0 Å². The van der Waals surface area contributed by atoms with E-state index >= 15 is 4.39 Å². The van der Waals surface area contributed by atoms with Gasteiger partial charge in [-0.1, -0.05) is 5.16 Å². The van der Waals surface area contributed by atoms with Crippen molar-refractivity contribution in [2.24, 2.45) is 0 Å². The Kier molecular flexibility index (Phi) is 5.82. The van der Waals surface area contributed by atoms with Crippen molar-refractivity contribution in [2.75, 3.05) is 59.3 Å². The minimum atomic E-state index is -0.517. The molecular weight excluding hydrogens is 443 g/mol. The summed E-state index contributed by atoms with van der Waals surface area (Å²) in [4.78, 5) is 17.8. The first-order chi connectivity index (χ1) is 16.6. The lowest BCUT2D eigenvalue weighted by molar-refractivity contribution is 0.147. The second kappa shape index (κ2) is 9.22. The van der Waals surface area contributed by atoms with Gasteiger partial charge in [0.2, 0.25) is 0 Å². The van der Waals surface area contributed by atoms with E-state index in [1.54, 1.807) is 30.3 Å². The Balaban J connectivity index is 1.19. The van der Waals surface area contributed by atoms with E-state index in [-0.39, 0.29) is 5.69 Å². The summed E-state index contributed by atoms with van der Waals surface area (Å²) in [5.41, 5.74) is 1.19. The van der Waals surface area contributed by atoms with Crippen molar-refractivity contribution >= 4 is 29.1 Å². The summed E-state index contributed by atoms with van der Waals surface area (Å²) in [6.07, 6.45) is 0.530. The molecule has 0 saturated carbocycles. The van der Waals surface area contributed by atoms with Crippen LogP contribution in [0.2, 0.25) is 0 Å². The number of anilines is 4. The third-order valence-corrected chi connectivity index (χ3v) is 5.78. The number of nitrogens with one attached hydrogen (secondary N) is 1. The maximum Gasteiger partial charge on any atom is 0.414 e. The van der Waals surface area contributed by atoms with Crippen LogP contribution in [0, 0.1) is 17.1 Å². The van der Waals surface area contributed by atoms with Crippen molar-refractivity contribution in [1.29, 1.82) is 5.26 Å². The monoisotopic (exact) mass is 464 g/mol. The molecule has 0 bridgehead atoms. The molecule has 174 valence electrons. The van der Waals surface area contributed by atoms with Crippen molar-refractivity contribution < 1.29 is 18.4 Å². The van der Waals surface area contributed by atoms with Gasteiger partial charge >= 0.3 is 6.09 Å². The first-order valence-corrected chi connectivity index (χ1v) is 10.8. The number of hydrogen-bond donors (Lipinski definition) is 1. The number of nitriles is 1. The van der Waals surface area contributed by atoms with Crippen LogP contribution in [0.25, 0.3) is 0 Å². The molecular formula is C22H21FN8O3. The highest BCUT2D eigenvalue weighted by Gasteiger charge is 2.33. The van der Waals surface area contributed by atoms with E-state index in [4.69, 9.17) is 14.5 Å². The summed E-state index contributed by atoms with van der Waals surface area (Å²) in [5.74, 6) is 0.840. The fourth-order valence-electron chi connectivity index (χ4n) is 4.01. The molecule has 5 rings (SSSR count). The average molecular weight is 464 g/mol.